The fraction of sp³-hybridized carbons (Fsp3) is 0.478. The van der Waals surface area contributed by atoms with Gasteiger partial charge in [-0.15, -0.1) is 0 Å². The second kappa shape index (κ2) is 17.0. The van der Waals surface area contributed by atoms with Crippen LogP contribution in [0.25, 0.3) is 44.3 Å². The maximum absolute atomic E-state index is 14.1. The molecule has 2 saturated heterocycles. The number of likely N-dealkylation sites (tertiary alicyclic amines) is 2. The molecular weight excluding hydrogens is 761 g/mol. The van der Waals surface area contributed by atoms with Gasteiger partial charge in [0.1, 0.15) is 23.7 Å². The Morgan fingerprint density at radius 3 is 1.47 bits per heavy atom. The van der Waals surface area contributed by atoms with Gasteiger partial charge in [-0.3, -0.25) is 9.59 Å². The highest BCUT2D eigenvalue weighted by molar-refractivity contribution is 5.89. The smallest absolute Gasteiger partial charge is 0.407 e. The maximum Gasteiger partial charge on any atom is 0.407 e. The third kappa shape index (κ3) is 8.28. The first-order valence-corrected chi connectivity index (χ1v) is 21.1. The minimum atomic E-state index is -0.746. The van der Waals surface area contributed by atoms with Crippen LogP contribution < -0.4 is 10.6 Å². The molecule has 60 heavy (non-hydrogen) atoms. The van der Waals surface area contributed by atoms with Crippen LogP contribution in [-0.4, -0.2) is 93.1 Å². The number of aromatic nitrogens is 4. The standard InChI is InChI=1S/C46H58N8O6/c1-9-46(6,10-2)38(52-44(58)60-8)42(56)54-24-12-14-36(54)40-48-32-22-20-30(26-34(32)50-40)28-17-15-27(16-18-28)29-19-21-31-33(25-29)49-39(47-31)35-13-11-23-53(35)41(55)37(45(3,4)5)51-43(57)59-7/h15-22,25-26,35-38H,9-14,23-24H2,1-8H3,(H,47,49)(H,48,50)(H,51,57)(H,52,58)/t35-,36-,37+,38+/m0/s1. The molecule has 4 amide bonds. The van der Waals surface area contributed by atoms with Gasteiger partial charge in [0.2, 0.25) is 11.8 Å². The summed E-state index contributed by atoms with van der Waals surface area (Å²) in [5.74, 6) is 1.21. The molecule has 14 nitrogen and oxygen atoms in total. The summed E-state index contributed by atoms with van der Waals surface area (Å²) in [5.41, 5.74) is 6.63. The molecule has 2 aliphatic rings. The molecule has 0 spiro atoms. The fourth-order valence-corrected chi connectivity index (χ4v) is 8.74. The topological polar surface area (TPSA) is 175 Å². The zero-order chi connectivity index (χ0) is 42.9. The number of benzene rings is 3. The highest BCUT2D eigenvalue weighted by atomic mass is 16.5. The van der Waals surface area contributed by atoms with Gasteiger partial charge >= 0.3 is 12.2 Å². The van der Waals surface area contributed by atoms with Crippen LogP contribution in [0.2, 0.25) is 0 Å². The van der Waals surface area contributed by atoms with E-state index in [-0.39, 0.29) is 23.9 Å². The van der Waals surface area contributed by atoms with Crippen molar-refractivity contribution >= 4 is 46.1 Å². The maximum atomic E-state index is 14.1. The first-order valence-electron chi connectivity index (χ1n) is 21.1. The Morgan fingerprint density at radius 2 is 1.07 bits per heavy atom. The molecule has 0 saturated carbocycles. The molecule has 5 aromatic rings. The summed E-state index contributed by atoms with van der Waals surface area (Å²) >= 11 is 0. The number of rotatable bonds is 11. The Balaban J connectivity index is 1.07. The molecule has 4 heterocycles. The van der Waals surface area contributed by atoms with Gasteiger partial charge in [0, 0.05) is 13.1 Å². The number of ether oxygens (including phenoxy) is 2. The van der Waals surface area contributed by atoms with Crippen molar-refractivity contribution in [2.45, 2.75) is 104 Å². The predicted octanol–water partition coefficient (Wildman–Crippen LogP) is 8.42. The highest BCUT2D eigenvalue weighted by Gasteiger charge is 2.44. The number of nitrogens with zero attached hydrogens (tertiary/aromatic N) is 4. The van der Waals surface area contributed by atoms with Gasteiger partial charge in [-0.1, -0.05) is 77.9 Å². The minimum Gasteiger partial charge on any atom is -0.453 e. The lowest BCUT2D eigenvalue weighted by Crippen LogP contribution is -2.56. The van der Waals surface area contributed by atoms with Crippen LogP contribution in [0.4, 0.5) is 9.59 Å². The first-order chi connectivity index (χ1) is 28.7. The van der Waals surface area contributed by atoms with Crippen molar-refractivity contribution in [3.05, 3.63) is 72.3 Å². The number of hydrogen-bond acceptors (Lipinski definition) is 8. The molecule has 14 heteroatoms. The number of nitrogens with one attached hydrogen (secondary N) is 4. The van der Waals surface area contributed by atoms with Crippen molar-refractivity contribution in [1.29, 1.82) is 0 Å². The first kappa shape index (κ1) is 42.2. The number of imidazole rings is 2. The van der Waals surface area contributed by atoms with E-state index < -0.39 is 35.1 Å². The average molecular weight is 819 g/mol. The van der Waals surface area contributed by atoms with Crippen LogP contribution in [0.1, 0.15) is 104 Å². The van der Waals surface area contributed by atoms with E-state index >= 15 is 0 Å². The number of H-pyrrole nitrogens is 2. The lowest BCUT2D eigenvalue weighted by Gasteiger charge is -2.38. The van der Waals surface area contributed by atoms with Gasteiger partial charge in [0.25, 0.3) is 0 Å². The van der Waals surface area contributed by atoms with Crippen LogP contribution in [0.5, 0.6) is 0 Å². The second-order valence-electron chi connectivity index (χ2n) is 17.5. The SMILES string of the molecule is CCC(C)(CC)[C@H](NC(=O)OC)C(=O)N1CCC[C@H]1c1nc2ccc(-c3ccc(-c4ccc5nc([C@@H]6CCCN6C(=O)[C@@H](NC(=O)OC)C(C)(C)C)[nH]c5c4)cc3)cc2[nH]1. The van der Waals surface area contributed by atoms with E-state index in [4.69, 9.17) is 19.4 Å². The molecule has 0 unspecified atom stereocenters. The van der Waals surface area contributed by atoms with E-state index in [0.29, 0.717) is 13.1 Å². The quantitative estimate of drug-likeness (QED) is 0.103. The van der Waals surface area contributed by atoms with E-state index in [1.165, 1.54) is 14.2 Å². The zero-order valence-electron chi connectivity index (χ0n) is 36.0. The molecule has 2 aliphatic heterocycles. The van der Waals surface area contributed by atoms with Crippen LogP contribution >= 0.6 is 0 Å². The lowest BCUT2D eigenvalue weighted by molar-refractivity contribution is -0.138. The molecule has 2 aromatic heterocycles. The lowest BCUT2D eigenvalue weighted by atomic mass is 9.76. The molecule has 7 rings (SSSR count). The summed E-state index contributed by atoms with van der Waals surface area (Å²) in [5, 5.41) is 5.60. The van der Waals surface area contributed by atoms with Crippen LogP contribution in [0.3, 0.4) is 0 Å². The fourth-order valence-electron chi connectivity index (χ4n) is 8.74. The highest BCUT2D eigenvalue weighted by Crippen LogP contribution is 2.38. The molecule has 2 fully saturated rings. The Kier molecular flexibility index (Phi) is 11.9. The van der Waals surface area contributed by atoms with Gasteiger partial charge in [0.15, 0.2) is 0 Å². The molecule has 4 N–H and O–H groups in total. The molecule has 4 atom stereocenters. The molecule has 318 valence electrons. The molecule has 0 aliphatic carbocycles. The number of alkyl carbamates (subject to hydrolysis) is 2. The molecule has 0 radical (unpaired) electrons. The van der Waals surface area contributed by atoms with Gasteiger partial charge in [0.05, 0.1) is 48.4 Å². The van der Waals surface area contributed by atoms with Crippen molar-refractivity contribution < 1.29 is 28.7 Å². The monoisotopic (exact) mass is 818 g/mol. The van der Waals surface area contributed by atoms with Gasteiger partial charge < -0.3 is 39.9 Å². The number of aromatic amines is 2. The number of methoxy groups -OCH3 is 2. The van der Waals surface area contributed by atoms with Gasteiger partial charge in [-0.05, 0) is 95.9 Å². The minimum absolute atomic E-state index is 0.115. The number of amides is 4. The van der Waals surface area contributed by atoms with Crippen molar-refractivity contribution in [2.75, 3.05) is 27.3 Å². The van der Waals surface area contributed by atoms with E-state index in [1.54, 1.807) is 0 Å². The Morgan fingerprint density at radius 1 is 0.667 bits per heavy atom. The van der Waals surface area contributed by atoms with Crippen LogP contribution in [-0.2, 0) is 19.1 Å². The average Bonchev–Trinajstić information content (AvgIpc) is 4.08. The van der Waals surface area contributed by atoms with Crippen molar-refractivity contribution in [3.8, 4) is 22.3 Å². The van der Waals surface area contributed by atoms with Crippen molar-refractivity contribution in [2.24, 2.45) is 10.8 Å². The second-order valence-corrected chi connectivity index (χ2v) is 17.5. The Bertz CT molecular complexity index is 2380. The normalized spacial score (nSPS) is 18.1. The summed E-state index contributed by atoms with van der Waals surface area (Å²) in [6.45, 7) is 13.1. The Hall–Kier alpha value is -5.92. The largest absolute Gasteiger partial charge is 0.453 e. The summed E-state index contributed by atoms with van der Waals surface area (Å²) in [6, 6.07) is 18.8. The third-order valence-electron chi connectivity index (χ3n) is 12.8. The number of fused-ring (bicyclic) bond motifs is 2. The summed E-state index contributed by atoms with van der Waals surface area (Å²) in [6.07, 6.45) is 3.43. The van der Waals surface area contributed by atoms with Crippen molar-refractivity contribution in [1.82, 2.24) is 40.4 Å². The molecule has 0 bridgehead atoms. The zero-order valence-corrected chi connectivity index (χ0v) is 36.0. The summed E-state index contributed by atoms with van der Waals surface area (Å²) in [7, 11) is 2.61. The van der Waals surface area contributed by atoms with E-state index in [0.717, 1.165) is 94.5 Å². The van der Waals surface area contributed by atoms with Crippen LogP contribution in [0.15, 0.2) is 60.7 Å². The number of hydrogen-bond donors (Lipinski definition) is 4. The van der Waals surface area contributed by atoms with E-state index in [2.05, 4.69) is 69.1 Å². The number of carbonyl (C=O) groups is 4. The third-order valence-corrected chi connectivity index (χ3v) is 12.8. The molecular formula is C46H58N8O6. The molecule has 3 aromatic carbocycles. The number of carbonyl (C=O) groups excluding carboxylic acids is 4. The van der Waals surface area contributed by atoms with Crippen molar-refractivity contribution in [3.63, 3.8) is 0 Å². The van der Waals surface area contributed by atoms with Gasteiger partial charge in [-0.2, -0.15) is 0 Å². The van der Waals surface area contributed by atoms with Gasteiger partial charge in [-0.25, -0.2) is 19.6 Å². The van der Waals surface area contributed by atoms with E-state index in [1.807, 2.05) is 63.5 Å². The Labute approximate surface area is 351 Å². The van der Waals surface area contributed by atoms with E-state index in [9.17, 15) is 19.2 Å². The summed E-state index contributed by atoms with van der Waals surface area (Å²) in [4.78, 5) is 73.1. The summed E-state index contributed by atoms with van der Waals surface area (Å²) < 4.78 is 9.73. The predicted molar refractivity (Wildman–Crippen MR) is 231 cm³/mol. The van der Waals surface area contributed by atoms with Crippen LogP contribution in [0, 0.1) is 10.8 Å².